The molecular formula is C12H11ClN2OS. The summed E-state index contributed by atoms with van der Waals surface area (Å²) in [6.45, 7) is 1.93. The molecule has 0 saturated heterocycles. The quantitative estimate of drug-likeness (QED) is 0.926. The van der Waals surface area contributed by atoms with Gasteiger partial charge in [-0.25, -0.2) is 0 Å². The molecule has 0 aliphatic rings. The Bertz CT molecular complexity index is 513. The number of hydrogen-bond acceptors (Lipinski definition) is 3. The highest BCUT2D eigenvalue weighted by Gasteiger charge is 2.14. The van der Waals surface area contributed by atoms with Crippen LogP contribution in [0.4, 0.5) is 0 Å². The second-order valence-electron chi connectivity index (χ2n) is 3.61. The summed E-state index contributed by atoms with van der Waals surface area (Å²) in [5, 5.41) is 7.29. The summed E-state index contributed by atoms with van der Waals surface area (Å²) in [5.41, 5.74) is 1.49. The van der Waals surface area contributed by atoms with Crippen LogP contribution in [0.1, 0.15) is 28.9 Å². The fourth-order valence-electron chi connectivity index (χ4n) is 1.42. The standard InChI is InChI=1S/C12H11ClN2OS/c1-8(9-3-5-17-7-9)15-12(16)10-6-14-4-2-11(10)13/h2-8H,1H3,(H,15,16). The summed E-state index contributed by atoms with van der Waals surface area (Å²) in [4.78, 5) is 15.8. The van der Waals surface area contributed by atoms with E-state index < -0.39 is 0 Å². The van der Waals surface area contributed by atoms with Crippen LogP contribution in [0.3, 0.4) is 0 Å². The van der Waals surface area contributed by atoms with Crippen LogP contribution in [-0.4, -0.2) is 10.9 Å². The van der Waals surface area contributed by atoms with Crippen LogP contribution < -0.4 is 5.32 Å². The molecule has 2 aromatic rings. The third kappa shape index (κ3) is 2.84. The number of aromatic nitrogens is 1. The topological polar surface area (TPSA) is 42.0 Å². The van der Waals surface area contributed by atoms with Gasteiger partial charge in [0.15, 0.2) is 0 Å². The van der Waals surface area contributed by atoms with Crippen molar-refractivity contribution < 1.29 is 4.79 Å². The Labute approximate surface area is 108 Å². The van der Waals surface area contributed by atoms with Gasteiger partial charge in [0.1, 0.15) is 0 Å². The van der Waals surface area contributed by atoms with Gasteiger partial charge in [-0.15, -0.1) is 0 Å². The van der Waals surface area contributed by atoms with E-state index in [0.717, 1.165) is 5.56 Å². The Kier molecular flexibility index (Phi) is 3.76. The molecule has 88 valence electrons. The fraction of sp³-hybridized carbons (Fsp3) is 0.167. The van der Waals surface area contributed by atoms with Crippen molar-refractivity contribution in [3.05, 3.63) is 51.4 Å². The fourth-order valence-corrected chi connectivity index (χ4v) is 2.37. The van der Waals surface area contributed by atoms with Crippen molar-refractivity contribution in [3.8, 4) is 0 Å². The molecule has 0 saturated carbocycles. The van der Waals surface area contributed by atoms with Gasteiger partial charge in [-0.2, -0.15) is 11.3 Å². The van der Waals surface area contributed by atoms with Crippen LogP contribution in [-0.2, 0) is 0 Å². The molecule has 0 spiro atoms. The number of thiophene rings is 1. The van der Waals surface area contributed by atoms with Gasteiger partial charge in [0, 0.05) is 12.4 Å². The highest BCUT2D eigenvalue weighted by atomic mass is 35.5. The highest BCUT2D eigenvalue weighted by molar-refractivity contribution is 7.07. The summed E-state index contributed by atoms with van der Waals surface area (Å²) >= 11 is 7.53. The summed E-state index contributed by atoms with van der Waals surface area (Å²) in [5.74, 6) is -0.207. The first-order valence-electron chi connectivity index (χ1n) is 5.11. The van der Waals surface area contributed by atoms with Gasteiger partial charge in [0.25, 0.3) is 5.91 Å². The average Bonchev–Trinajstić information content (AvgIpc) is 2.82. The molecule has 0 aliphatic carbocycles. The molecule has 2 heterocycles. The Hall–Kier alpha value is -1.39. The molecule has 3 nitrogen and oxygen atoms in total. The van der Waals surface area contributed by atoms with Gasteiger partial charge >= 0.3 is 0 Å². The minimum atomic E-state index is -0.207. The van der Waals surface area contributed by atoms with Crippen molar-refractivity contribution >= 4 is 28.8 Å². The zero-order valence-electron chi connectivity index (χ0n) is 9.18. The molecule has 0 fully saturated rings. The molecular weight excluding hydrogens is 256 g/mol. The maximum absolute atomic E-state index is 11.9. The number of nitrogens with one attached hydrogen (secondary N) is 1. The third-order valence-electron chi connectivity index (χ3n) is 2.40. The van der Waals surface area contributed by atoms with Crippen molar-refractivity contribution in [1.29, 1.82) is 0 Å². The summed E-state index contributed by atoms with van der Waals surface area (Å²) in [6, 6.07) is 3.55. The summed E-state index contributed by atoms with van der Waals surface area (Å²) < 4.78 is 0. The number of pyridine rings is 1. The second kappa shape index (κ2) is 5.29. The maximum Gasteiger partial charge on any atom is 0.254 e. The van der Waals surface area contributed by atoms with E-state index in [1.165, 1.54) is 6.20 Å². The Balaban J connectivity index is 2.10. The molecule has 2 rings (SSSR count). The Morgan fingerprint density at radius 1 is 1.53 bits per heavy atom. The number of hydrogen-bond donors (Lipinski definition) is 1. The maximum atomic E-state index is 11.9. The smallest absolute Gasteiger partial charge is 0.254 e. The van der Waals surface area contributed by atoms with Crippen molar-refractivity contribution in [3.63, 3.8) is 0 Å². The summed E-state index contributed by atoms with van der Waals surface area (Å²) in [7, 11) is 0. The number of halogens is 1. The molecule has 1 N–H and O–H groups in total. The van der Waals surface area contributed by atoms with E-state index in [0.29, 0.717) is 10.6 Å². The largest absolute Gasteiger partial charge is 0.345 e. The van der Waals surface area contributed by atoms with Crippen LogP contribution in [0.2, 0.25) is 5.02 Å². The lowest BCUT2D eigenvalue weighted by molar-refractivity contribution is 0.0940. The first-order chi connectivity index (χ1) is 8.18. The van der Waals surface area contributed by atoms with Crippen LogP contribution in [0, 0.1) is 0 Å². The predicted octanol–water partition coefficient (Wildman–Crippen LogP) is 3.29. The van der Waals surface area contributed by atoms with Crippen molar-refractivity contribution in [2.75, 3.05) is 0 Å². The molecule has 0 radical (unpaired) electrons. The molecule has 1 atom stereocenters. The Morgan fingerprint density at radius 2 is 2.35 bits per heavy atom. The molecule has 0 aliphatic heterocycles. The normalized spacial score (nSPS) is 12.1. The molecule has 1 unspecified atom stereocenters. The van der Waals surface area contributed by atoms with E-state index in [9.17, 15) is 4.79 Å². The van der Waals surface area contributed by atoms with E-state index in [4.69, 9.17) is 11.6 Å². The molecule has 5 heteroatoms. The first-order valence-corrected chi connectivity index (χ1v) is 6.43. The van der Waals surface area contributed by atoms with Crippen molar-refractivity contribution in [2.45, 2.75) is 13.0 Å². The van der Waals surface area contributed by atoms with Crippen LogP contribution >= 0.6 is 22.9 Å². The minimum Gasteiger partial charge on any atom is -0.345 e. The average molecular weight is 267 g/mol. The monoisotopic (exact) mass is 266 g/mol. The van der Waals surface area contributed by atoms with E-state index in [1.54, 1.807) is 23.6 Å². The first kappa shape index (κ1) is 12.1. The molecule has 0 aromatic carbocycles. The van der Waals surface area contributed by atoms with E-state index in [2.05, 4.69) is 10.3 Å². The lowest BCUT2D eigenvalue weighted by Crippen LogP contribution is -2.26. The van der Waals surface area contributed by atoms with Crippen molar-refractivity contribution in [2.24, 2.45) is 0 Å². The number of rotatable bonds is 3. The second-order valence-corrected chi connectivity index (χ2v) is 4.79. The number of nitrogens with zero attached hydrogens (tertiary/aromatic N) is 1. The zero-order chi connectivity index (χ0) is 12.3. The van der Waals surface area contributed by atoms with Gasteiger partial charge in [-0.3, -0.25) is 9.78 Å². The van der Waals surface area contributed by atoms with Gasteiger partial charge in [-0.1, -0.05) is 11.6 Å². The van der Waals surface area contributed by atoms with Gasteiger partial charge in [0.05, 0.1) is 16.6 Å². The highest BCUT2D eigenvalue weighted by Crippen LogP contribution is 2.18. The van der Waals surface area contributed by atoms with Gasteiger partial charge < -0.3 is 5.32 Å². The van der Waals surface area contributed by atoms with E-state index >= 15 is 0 Å². The minimum absolute atomic E-state index is 0.0370. The van der Waals surface area contributed by atoms with Crippen LogP contribution in [0.25, 0.3) is 0 Å². The van der Waals surface area contributed by atoms with Crippen molar-refractivity contribution in [1.82, 2.24) is 10.3 Å². The molecule has 0 bridgehead atoms. The van der Waals surface area contributed by atoms with E-state index in [-0.39, 0.29) is 11.9 Å². The summed E-state index contributed by atoms with van der Waals surface area (Å²) in [6.07, 6.45) is 3.03. The van der Waals surface area contributed by atoms with E-state index in [1.807, 2.05) is 23.8 Å². The number of carbonyl (C=O) groups excluding carboxylic acids is 1. The zero-order valence-corrected chi connectivity index (χ0v) is 10.8. The lowest BCUT2D eigenvalue weighted by atomic mass is 10.1. The van der Waals surface area contributed by atoms with Crippen LogP contribution in [0.5, 0.6) is 0 Å². The van der Waals surface area contributed by atoms with Gasteiger partial charge in [0.2, 0.25) is 0 Å². The molecule has 1 amide bonds. The predicted molar refractivity (Wildman–Crippen MR) is 69.4 cm³/mol. The Morgan fingerprint density at radius 3 is 3.00 bits per heavy atom. The molecule has 2 aromatic heterocycles. The van der Waals surface area contributed by atoms with Crippen LogP contribution in [0.15, 0.2) is 35.3 Å². The lowest BCUT2D eigenvalue weighted by Gasteiger charge is -2.12. The third-order valence-corrected chi connectivity index (χ3v) is 3.43. The number of carbonyl (C=O) groups is 1. The SMILES string of the molecule is CC(NC(=O)c1cnccc1Cl)c1ccsc1. The van der Waals surface area contributed by atoms with Gasteiger partial charge in [-0.05, 0) is 35.4 Å². The number of amides is 1. The molecule has 17 heavy (non-hydrogen) atoms.